The highest BCUT2D eigenvalue weighted by Crippen LogP contribution is 2.16. The van der Waals surface area contributed by atoms with Crippen molar-refractivity contribution in [1.82, 2.24) is 15.0 Å². The smallest absolute Gasteiger partial charge is 0.239 e. The normalized spacial score (nSPS) is 14.7. The van der Waals surface area contributed by atoms with Crippen LogP contribution in [0.25, 0.3) is 0 Å². The third kappa shape index (κ3) is 5.56. The lowest BCUT2D eigenvalue weighted by atomic mass is 10.2. The second-order valence-electron chi connectivity index (χ2n) is 6.89. The molecular formula is C20H26N4O4. The van der Waals surface area contributed by atoms with Crippen LogP contribution in [0.4, 0.5) is 5.82 Å². The molecule has 0 radical (unpaired) electrons. The van der Waals surface area contributed by atoms with Crippen LogP contribution in [-0.2, 0) is 9.59 Å². The predicted molar refractivity (Wildman–Crippen MR) is 104 cm³/mol. The Kier molecular flexibility index (Phi) is 6.65. The fourth-order valence-electron chi connectivity index (χ4n) is 3.09. The van der Waals surface area contributed by atoms with Crippen molar-refractivity contribution in [2.24, 2.45) is 0 Å². The molecule has 8 heteroatoms. The van der Waals surface area contributed by atoms with Gasteiger partial charge in [0.2, 0.25) is 11.8 Å². The minimum atomic E-state index is -0.139. The molecule has 2 aromatic rings. The number of carbonyl (C=O) groups is 2. The molecule has 150 valence electrons. The van der Waals surface area contributed by atoms with Crippen molar-refractivity contribution in [1.29, 1.82) is 0 Å². The van der Waals surface area contributed by atoms with Crippen LogP contribution < -0.4 is 10.1 Å². The molecule has 8 nitrogen and oxygen atoms in total. The third-order valence-corrected chi connectivity index (χ3v) is 4.65. The van der Waals surface area contributed by atoms with Crippen LogP contribution in [-0.4, -0.2) is 66.1 Å². The van der Waals surface area contributed by atoms with Crippen LogP contribution in [0.2, 0.25) is 0 Å². The summed E-state index contributed by atoms with van der Waals surface area (Å²) in [7, 11) is 0. The Bertz CT molecular complexity index is 812. The lowest BCUT2D eigenvalue weighted by molar-refractivity contribution is -0.133. The summed E-state index contributed by atoms with van der Waals surface area (Å²) < 4.78 is 10.6. The Morgan fingerprint density at radius 1 is 1.18 bits per heavy atom. The van der Waals surface area contributed by atoms with E-state index in [4.69, 9.17) is 9.26 Å². The van der Waals surface area contributed by atoms with Crippen molar-refractivity contribution >= 4 is 17.6 Å². The number of aromatic nitrogens is 1. The first kappa shape index (κ1) is 19.9. The molecule has 2 heterocycles. The minimum Gasteiger partial charge on any atom is -0.493 e. The monoisotopic (exact) mass is 386 g/mol. The number of aryl methyl sites for hydroxylation is 2. The summed E-state index contributed by atoms with van der Waals surface area (Å²) in [6.45, 7) is 6.93. The van der Waals surface area contributed by atoms with Crippen molar-refractivity contribution in [3.05, 3.63) is 41.7 Å². The first-order chi connectivity index (χ1) is 13.5. The highest BCUT2D eigenvalue weighted by Gasteiger charge is 2.22. The van der Waals surface area contributed by atoms with Gasteiger partial charge in [0, 0.05) is 32.2 Å². The van der Waals surface area contributed by atoms with Crippen molar-refractivity contribution in [2.75, 3.05) is 44.6 Å². The lowest BCUT2D eigenvalue weighted by Gasteiger charge is -2.34. The van der Waals surface area contributed by atoms with Gasteiger partial charge in [0.25, 0.3) is 0 Å². The minimum absolute atomic E-state index is 0.0794. The van der Waals surface area contributed by atoms with Crippen LogP contribution >= 0.6 is 0 Å². The van der Waals surface area contributed by atoms with E-state index >= 15 is 0 Å². The van der Waals surface area contributed by atoms with Gasteiger partial charge in [0.15, 0.2) is 5.82 Å². The molecule has 0 bridgehead atoms. The highest BCUT2D eigenvalue weighted by atomic mass is 16.5. The van der Waals surface area contributed by atoms with Gasteiger partial charge in [-0.1, -0.05) is 23.4 Å². The summed E-state index contributed by atoms with van der Waals surface area (Å²) in [5, 5.41) is 6.46. The van der Waals surface area contributed by atoms with E-state index in [0.29, 0.717) is 50.8 Å². The maximum atomic E-state index is 12.4. The maximum Gasteiger partial charge on any atom is 0.239 e. The molecule has 1 saturated heterocycles. The average Bonchev–Trinajstić information content (AvgIpc) is 3.08. The number of nitrogens with one attached hydrogen (secondary N) is 1. The molecule has 1 fully saturated rings. The number of anilines is 1. The molecule has 0 aliphatic carbocycles. The fraction of sp³-hybridized carbons (Fsp3) is 0.450. The Morgan fingerprint density at radius 2 is 1.93 bits per heavy atom. The number of ether oxygens (including phenoxy) is 1. The van der Waals surface area contributed by atoms with E-state index in [2.05, 4.69) is 10.5 Å². The molecule has 1 aromatic heterocycles. The summed E-state index contributed by atoms with van der Waals surface area (Å²) in [5.41, 5.74) is 1.06. The van der Waals surface area contributed by atoms with Gasteiger partial charge in [0.05, 0.1) is 19.6 Å². The van der Waals surface area contributed by atoms with Crippen LogP contribution in [0.1, 0.15) is 17.7 Å². The molecule has 0 atom stereocenters. The number of benzene rings is 1. The van der Waals surface area contributed by atoms with Gasteiger partial charge >= 0.3 is 0 Å². The molecule has 1 aliphatic heterocycles. The summed E-state index contributed by atoms with van der Waals surface area (Å²) in [6, 6.07) is 9.44. The molecule has 0 unspecified atom stereocenters. The average molecular weight is 386 g/mol. The van der Waals surface area contributed by atoms with Crippen molar-refractivity contribution in [3.8, 4) is 5.75 Å². The molecule has 1 aromatic carbocycles. The van der Waals surface area contributed by atoms with Gasteiger partial charge in [-0.25, -0.2) is 0 Å². The molecule has 28 heavy (non-hydrogen) atoms. The Labute approximate surface area is 164 Å². The summed E-state index contributed by atoms with van der Waals surface area (Å²) in [6.07, 6.45) is 0.348. The number of rotatable bonds is 7. The second kappa shape index (κ2) is 9.36. The summed E-state index contributed by atoms with van der Waals surface area (Å²) in [4.78, 5) is 28.3. The van der Waals surface area contributed by atoms with Gasteiger partial charge < -0.3 is 19.5 Å². The predicted octanol–water partition coefficient (Wildman–Crippen LogP) is 1.84. The number of nitrogens with zero attached hydrogens (tertiary/aromatic N) is 3. The van der Waals surface area contributed by atoms with E-state index in [-0.39, 0.29) is 18.4 Å². The fourth-order valence-corrected chi connectivity index (χ4v) is 3.09. The van der Waals surface area contributed by atoms with Gasteiger partial charge in [-0.05, 0) is 25.5 Å². The maximum absolute atomic E-state index is 12.4. The van der Waals surface area contributed by atoms with Crippen molar-refractivity contribution in [3.63, 3.8) is 0 Å². The van der Waals surface area contributed by atoms with Gasteiger partial charge in [-0.2, -0.15) is 0 Å². The number of carbonyl (C=O) groups excluding carboxylic acids is 2. The Morgan fingerprint density at radius 3 is 2.61 bits per heavy atom. The van der Waals surface area contributed by atoms with Crippen LogP contribution in [0, 0.1) is 13.8 Å². The molecule has 1 aliphatic rings. The first-order valence-corrected chi connectivity index (χ1v) is 9.43. The van der Waals surface area contributed by atoms with Gasteiger partial charge in [-0.15, -0.1) is 0 Å². The Balaban J connectivity index is 1.35. The Hall–Kier alpha value is -2.87. The summed E-state index contributed by atoms with van der Waals surface area (Å²) in [5.74, 6) is 1.82. The third-order valence-electron chi connectivity index (χ3n) is 4.65. The van der Waals surface area contributed by atoms with Crippen molar-refractivity contribution in [2.45, 2.75) is 20.3 Å². The molecular weight excluding hydrogens is 360 g/mol. The van der Waals surface area contributed by atoms with Crippen molar-refractivity contribution < 1.29 is 18.8 Å². The summed E-state index contributed by atoms with van der Waals surface area (Å²) >= 11 is 0. The molecule has 2 amide bonds. The lowest BCUT2D eigenvalue weighted by Crippen LogP contribution is -2.50. The van der Waals surface area contributed by atoms with Crippen LogP contribution in [0.15, 0.2) is 34.9 Å². The highest BCUT2D eigenvalue weighted by molar-refractivity contribution is 5.91. The van der Waals surface area contributed by atoms with E-state index in [1.54, 1.807) is 13.0 Å². The zero-order valence-electron chi connectivity index (χ0n) is 16.3. The number of piperazine rings is 1. The molecule has 1 N–H and O–H groups in total. The zero-order chi connectivity index (χ0) is 19.9. The van der Waals surface area contributed by atoms with Gasteiger partial charge in [0.1, 0.15) is 11.5 Å². The number of amides is 2. The standard InChI is InChI=1S/C20H26N4O4/c1-15-5-3-4-6-17(15)27-12-7-20(26)24-10-8-23(9-11-24)14-19(25)21-18-13-16(2)28-22-18/h3-6,13H,7-12,14H2,1-2H3,(H,21,22,25). The van der Waals surface area contributed by atoms with Crippen LogP contribution in [0.3, 0.4) is 0 Å². The van der Waals surface area contributed by atoms with E-state index in [1.807, 2.05) is 41.0 Å². The number of hydrogen-bond donors (Lipinski definition) is 1. The molecule has 3 rings (SSSR count). The first-order valence-electron chi connectivity index (χ1n) is 9.43. The van der Waals surface area contributed by atoms with E-state index in [9.17, 15) is 9.59 Å². The van der Waals surface area contributed by atoms with E-state index in [0.717, 1.165) is 11.3 Å². The second-order valence-corrected chi connectivity index (χ2v) is 6.89. The topological polar surface area (TPSA) is 87.9 Å². The van der Waals surface area contributed by atoms with Gasteiger partial charge in [-0.3, -0.25) is 14.5 Å². The zero-order valence-corrected chi connectivity index (χ0v) is 16.3. The molecule has 0 saturated carbocycles. The SMILES string of the molecule is Cc1cc(NC(=O)CN2CCN(C(=O)CCOc3ccccc3C)CC2)no1. The quantitative estimate of drug-likeness (QED) is 0.781. The molecule has 0 spiro atoms. The van der Waals surface area contributed by atoms with E-state index in [1.165, 1.54) is 0 Å². The number of hydrogen-bond acceptors (Lipinski definition) is 6. The largest absolute Gasteiger partial charge is 0.493 e. The van der Waals surface area contributed by atoms with Crippen LogP contribution in [0.5, 0.6) is 5.75 Å². The van der Waals surface area contributed by atoms with E-state index < -0.39 is 0 Å². The number of para-hydroxylation sites is 1.